The van der Waals surface area contributed by atoms with Gasteiger partial charge in [-0.3, -0.25) is 0 Å². The molecule has 0 spiro atoms. The van der Waals surface area contributed by atoms with Gasteiger partial charge >= 0.3 is 0 Å². The summed E-state index contributed by atoms with van der Waals surface area (Å²) in [5.41, 5.74) is 1.64. The first-order chi connectivity index (χ1) is 7.40. The van der Waals surface area contributed by atoms with Crippen LogP contribution in [-0.4, -0.2) is 18.5 Å². The fourth-order valence-corrected chi connectivity index (χ4v) is 3.39. The number of alkyl halides is 1. The first-order valence-electron chi connectivity index (χ1n) is 6.24. The Morgan fingerprint density at radius 1 is 1.20 bits per heavy atom. The molecule has 1 saturated carbocycles. The van der Waals surface area contributed by atoms with Crippen LogP contribution in [0.5, 0.6) is 0 Å². The van der Waals surface area contributed by atoms with Crippen LogP contribution in [0.15, 0.2) is 11.6 Å². The number of ether oxygens (including phenoxy) is 1. The molecule has 0 amide bonds. The molecule has 15 heavy (non-hydrogen) atoms. The van der Waals surface area contributed by atoms with Crippen molar-refractivity contribution in [1.82, 2.24) is 0 Å². The number of hydrogen-bond acceptors (Lipinski definition) is 1. The normalized spacial score (nSPS) is 29.7. The second-order valence-corrected chi connectivity index (χ2v) is 5.39. The predicted octanol–water partition coefficient (Wildman–Crippen LogP) is 3.92. The monoisotopic (exact) mass is 272 g/mol. The van der Waals surface area contributed by atoms with Crippen LogP contribution in [-0.2, 0) is 4.74 Å². The predicted molar refractivity (Wildman–Crippen MR) is 67.4 cm³/mol. The molecule has 1 aliphatic heterocycles. The van der Waals surface area contributed by atoms with Crippen molar-refractivity contribution in [3.05, 3.63) is 11.6 Å². The Morgan fingerprint density at radius 3 is 2.60 bits per heavy atom. The van der Waals surface area contributed by atoms with Gasteiger partial charge in [-0.15, -0.1) is 0 Å². The molecule has 0 radical (unpaired) electrons. The third-order valence-corrected chi connectivity index (χ3v) is 4.35. The van der Waals surface area contributed by atoms with Crippen LogP contribution in [0.4, 0.5) is 0 Å². The van der Waals surface area contributed by atoms with Crippen LogP contribution in [0.2, 0.25) is 0 Å². The molecule has 0 bridgehead atoms. The summed E-state index contributed by atoms with van der Waals surface area (Å²) in [5, 5.41) is 1.06. The number of halogens is 1. The van der Waals surface area contributed by atoms with E-state index in [1.165, 1.54) is 38.5 Å². The molecule has 0 N–H and O–H groups in total. The summed E-state index contributed by atoms with van der Waals surface area (Å²) in [5.74, 6) is 1.55. The number of hydrogen-bond donors (Lipinski definition) is 0. The molecule has 86 valence electrons. The van der Waals surface area contributed by atoms with E-state index in [9.17, 15) is 0 Å². The third kappa shape index (κ3) is 3.32. The lowest BCUT2D eigenvalue weighted by molar-refractivity contribution is 0.191. The molecular weight excluding hydrogens is 252 g/mol. The van der Waals surface area contributed by atoms with Gasteiger partial charge in [0, 0.05) is 17.9 Å². The van der Waals surface area contributed by atoms with E-state index < -0.39 is 0 Å². The van der Waals surface area contributed by atoms with Crippen molar-refractivity contribution >= 4 is 15.9 Å². The largest absolute Gasteiger partial charge is 0.381 e. The maximum Gasteiger partial charge on any atom is 0.0529 e. The topological polar surface area (TPSA) is 9.23 Å². The van der Waals surface area contributed by atoms with Crippen LogP contribution in [0, 0.1) is 11.8 Å². The van der Waals surface area contributed by atoms with Crippen LogP contribution in [0.25, 0.3) is 0 Å². The van der Waals surface area contributed by atoms with E-state index in [0.717, 1.165) is 24.5 Å². The summed E-state index contributed by atoms with van der Waals surface area (Å²) < 4.78 is 5.43. The van der Waals surface area contributed by atoms with Crippen molar-refractivity contribution in [1.29, 1.82) is 0 Å². The highest BCUT2D eigenvalue weighted by Crippen LogP contribution is 2.32. The van der Waals surface area contributed by atoms with Crippen LogP contribution in [0.1, 0.15) is 38.5 Å². The van der Waals surface area contributed by atoms with Crippen molar-refractivity contribution in [3.63, 3.8) is 0 Å². The Morgan fingerprint density at radius 2 is 2.00 bits per heavy atom. The van der Waals surface area contributed by atoms with Crippen molar-refractivity contribution in [2.45, 2.75) is 38.5 Å². The molecule has 1 atom stereocenters. The zero-order valence-electron chi connectivity index (χ0n) is 9.38. The smallest absolute Gasteiger partial charge is 0.0529 e. The lowest BCUT2D eigenvalue weighted by atomic mass is 9.83. The lowest BCUT2D eigenvalue weighted by Crippen LogP contribution is -2.12. The maximum atomic E-state index is 5.43. The molecule has 1 aliphatic carbocycles. The van der Waals surface area contributed by atoms with Gasteiger partial charge in [-0.25, -0.2) is 0 Å². The second kappa shape index (κ2) is 6.05. The molecular formula is C13H21BrO. The van der Waals surface area contributed by atoms with Crippen LogP contribution >= 0.6 is 15.9 Å². The minimum Gasteiger partial charge on any atom is -0.381 e. The van der Waals surface area contributed by atoms with Gasteiger partial charge in [0.25, 0.3) is 0 Å². The summed E-state index contributed by atoms with van der Waals surface area (Å²) in [6.45, 7) is 1.91. The molecule has 2 heteroatoms. The molecule has 1 unspecified atom stereocenters. The van der Waals surface area contributed by atoms with Crippen molar-refractivity contribution in [2.75, 3.05) is 18.5 Å². The fraction of sp³-hybridized carbons (Fsp3) is 0.846. The molecule has 2 fully saturated rings. The Labute approximate surface area is 101 Å². The van der Waals surface area contributed by atoms with Crippen molar-refractivity contribution in [3.8, 4) is 0 Å². The SMILES string of the molecule is BrC/C(=C/C1CCOC1)C1CCCCC1. The van der Waals surface area contributed by atoms with Gasteiger partial charge in [0.15, 0.2) is 0 Å². The molecule has 2 aliphatic rings. The Kier molecular flexibility index (Phi) is 4.70. The van der Waals surface area contributed by atoms with Gasteiger partial charge in [0.05, 0.1) is 6.61 Å². The van der Waals surface area contributed by atoms with E-state index in [2.05, 4.69) is 22.0 Å². The molecule has 0 aromatic rings. The average molecular weight is 273 g/mol. The fourth-order valence-electron chi connectivity index (χ4n) is 2.75. The third-order valence-electron chi connectivity index (χ3n) is 3.70. The van der Waals surface area contributed by atoms with Gasteiger partial charge in [0.2, 0.25) is 0 Å². The summed E-state index contributed by atoms with van der Waals surface area (Å²) in [6, 6.07) is 0. The Balaban J connectivity index is 1.94. The molecule has 1 nitrogen and oxygen atoms in total. The van der Waals surface area contributed by atoms with Crippen LogP contribution < -0.4 is 0 Å². The molecule has 2 rings (SSSR count). The first-order valence-corrected chi connectivity index (χ1v) is 7.36. The Bertz CT molecular complexity index is 213. The molecule has 1 saturated heterocycles. The van der Waals surface area contributed by atoms with Gasteiger partial charge in [-0.05, 0) is 25.2 Å². The van der Waals surface area contributed by atoms with E-state index in [4.69, 9.17) is 4.74 Å². The highest BCUT2D eigenvalue weighted by molar-refractivity contribution is 9.09. The number of rotatable bonds is 3. The standard InChI is InChI=1S/C13H21BrO/c14-9-13(8-11-6-7-15-10-11)12-4-2-1-3-5-12/h8,11-12H,1-7,9-10H2/b13-8-. The summed E-state index contributed by atoms with van der Waals surface area (Å²) in [7, 11) is 0. The van der Waals surface area contributed by atoms with Crippen molar-refractivity contribution in [2.24, 2.45) is 11.8 Å². The minimum absolute atomic E-state index is 0.694. The minimum atomic E-state index is 0.694. The van der Waals surface area contributed by atoms with Gasteiger partial charge in [-0.2, -0.15) is 0 Å². The maximum absolute atomic E-state index is 5.43. The highest BCUT2D eigenvalue weighted by atomic mass is 79.9. The zero-order valence-corrected chi connectivity index (χ0v) is 11.0. The second-order valence-electron chi connectivity index (χ2n) is 4.83. The van der Waals surface area contributed by atoms with Gasteiger partial charge in [0.1, 0.15) is 0 Å². The first kappa shape index (κ1) is 11.7. The quantitative estimate of drug-likeness (QED) is 0.559. The zero-order chi connectivity index (χ0) is 10.5. The van der Waals surface area contributed by atoms with Gasteiger partial charge < -0.3 is 4.74 Å². The average Bonchev–Trinajstić information content (AvgIpc) is 2.80. The van der Waals surface area contributed by atoms with Crippen molar-refractivity contribution < 1.29 is 4.74 Å². The van der Waals surface area contributed by atoms with E-state index in [1.54, 1.807) is 5.57 Å². The Hall–Kier alpha value is 0.180. The van der Waals surface area contributed by atoms with E-state index >= 15 is 0 Å². The lowest BCUT2D eigenvalue weighted by Gasteiger charge is -2.24. The van der Waals surface area contributed by atoms with E-state index in [-0.39, 0.29) is 0 Å². The van der Waals surface area contributed by atoms with E-state index in [1.807, 2.05) is 0 Å². The molecule has 0 aromatic heterocycles. The summed E-state index contributed by atoms with van der Waals surface area (Å²) in [4.78, 5) is 0. The van der Waals surface area contributed by atoms with E-state index in [0.29, 0.717) is 5.92 Å². The summed E-state index contributed by atoms with van der Waals surface area (Å²) >= 11 is 3.65. The highest BCUT2D eigenvalue weighted by Gasteiger charge is 2.20. The summed E-state index contributed by atoms with van der Waals surface area (Å²) in [6.07, 6.45) is 10.8. The molecule has 0 aromatic carbocycles. The van der Waals surface area contributed by atoms with Crippen LogP contribution in [0.3, 0.4) is 0 Å². The molecule has 1 heterocycles. The number of allylic oxidation sites excluding steroid dienone is 1. The van der Waals surface area contributed by atoms with Gasteiger partial charge in [-0.1, -0.05) is 46.8 Å².